The van der Waals surface area contributed by atoms with Crippen LogP contribution < -0.4 is 20.3 Å². The molecular formula is C21H28FN3O3S. The molecule has 0 spiro atoms. The number of nitrogens with zero attached hydrogens (tertiary/aromatic N) is 1. The highest BCUT2D eigenvalue weighted by atomic mass is 32.2. The number of benzene rings is 1. The molecule has 6 nitrogen and oxygen atoms in total. The maximum atomic E-state index is 14.4. The predicted molar refractivity (Wildman–Crippen MR) is 116 cm³/mol. The number of rotatable bonds is 8. The standard InChI is InChI=1S/C21H28FN3O3S/c1-12(2)8-14-10-18(14)29(27)24-20-17(28-5)11-19(26)25(4)21(20)23-16-7-6-13(3)9-15(16)22/h6-7,9,11-12,14,18,23-24H,8,10H2,1-5H3. The van der Waals surface area contributed by atoms with E-state index >= 15 is 0 Å². The molecule has 2 aromatic rings. The largest absolute Gasteiger partial charge is 0.494 e. The molecule has 0 aliphatic heterocycles. The number of pyridine rings is 1. The van der Waals surface area contributed by atoms with E-state index in [0.29, 0.717) is 23.3 Å². The van der Waals surface area contributed by atoms with Gasteiger partial charge in [-0.2, -0.15) is 0 Å². The molecule has 1 saturated carbocycles. The molecule has 29 heavy (non-hydrogen) atoms. The van der Waals surface area contributed by atoms with Crippen LogP contribution in [0.15, 0.2) is 29.1 Å². The van der Waals surface area contributed by atoms with Gasteiger partial charge in [-0.1, -0.05) is 19.9 Å². The van der Waals surface area contributed by atoms with Crippen LogP contribution in [0, 0.1) is 24.6 Å². The second-order valence-electron chi connectivity index (χ2n) is 8.01. The van der Waals surface area contributed by atoms with Crippen molar-refractivity contribution in [1.82, 2.24) is 4.57 Å². The molecular weight excluding hydrogens is 393 g/mol. The number of aryl methyl sites for hydroxylation is 1. The Bertz CT molecular complexity index is 990. The van der Waals surface area contributed by atoms with Gasteiger partial charge >= 0.3 is 0 Å². The fourth-order valence-electron chi connectivity index (χ4n) is 3.44. The predicted octanol–water partition coefficient (Wildman–Crippen LogP) is 4.10. The van der Waals surface area contributed by atoms with Gasteiger partial charge < -0.3 is 10.1 Å². The highest BCUT2D eigenvalue weighted by molar-refractivity contribution is 7.87. The normalized spacial score (nSPS) is 19.1. The summed E-state index contributed by atoms with van der Waals surface area (Å²) in [5.41, 5.74) is 1.06. The van der Waals surface area contributed by atoms with Crippen LogP contribution >= 0.6 is 0 Å². The molecule has 1 aliphatic carbocycles. The number of aromatic nitrogens is 1. The Labute approximate surface area is 173 Å². The summed E-state index contributed by atoms with van der Waals surface area (Å²) in [5.74, 6) is 1.10. The van der Waals surface area contributed by atoms with Crippen LogP contribution in [-0.2, 0) is 18.0 Å². The molecule has 0 bridgehead atoms. The summed E-state index contributed by atoms with van der Waals surface area (Å²) in [5, 5.41) is 3.03. The molecule has 1 aromatic heterocycles. The van der Waals surface area contributed by atoms with E-state index in [1.807, 2.05) is 0 Å². The maximum Gasteiger partial charge on any atom is 0.255 e. The lowest BCUT2D eigenvalue weighted by Crippen LogP contribution is -2.23. The van der Waals surface area contributed by atoms with Crippen molar-refractivity contribution in [3.63, 3.8) is 0 Å². The Hall–Kier alpha value is -2.35. The number of halogens is 1. The minimum Gasteiger partial charge on any atom is -0.494 e. The lowest BCUT2D eigenvalue weighted by atomic mass is 10.1. The number of ether oxygens (including phenoxy) is 1. The fraction of sp³-hybridized carbons (Fsp3) is 0.476. The van der Waals surface area contributed by atoms with Gasteiger partial charge in [0.05, 0.1) is 18.0 Å². The number of hydrogen-bond acceptors (Lipinski definition) is 4. The molecule has 0 radical (unpaired) electrons. The summed E-state index contributed by atoms with van der Waals surface area (Å²) in [4.78, 5) is 12.4. The van der Waals surface area contributed by atoms with Crippen LogP contribution in [0.25, 0.3) is 0 Å². The summed E-state index contributed by atoms with van der Waals surface area (Å²) in [6.07, 6.45) is 1.93. The van der Waals surface area contributed by atoms with E-state index in [2.05, 4.69) is 23.9 Å². The Morgan fingerprint density at radius 2 is 2.07 bits per heavy atom. The molecule has 3 atom stereocenters. The van der Waals surface area contributed by atoms with Gasteiger partial charge in [-0.15, -0.1) is 0 Å². The Morgan fingerprint density at radius 3 is 2.69 bits per heavy atom. The van der Waals surface area contributed by atoms with Crippen molar-refractivity contribution in [3.05, 3.63) is 46.0 Å². The third-order valence-electron chi connectivity index (χ3n) is 5.11. The molecule has 3 unspecified atom stereocenters. The molecule has 0 amide bonds. The van der Waals surface area contributed by atoms with E-state index in [1.165, 1.54) is 23.8 Å². The third-order valence-corrected chi connectivity index (χ3v) is 6.64. The number of methoxy groups -OCH3 is 1. The van der Waals surface area contributed by atoms with Crippen molar-refractivity contribution in [2.24, 2.45) is 18.9 Å². The van der Waals surface area contributed by atoms with Crippen LogP contribution in [0.3, 0.4) is 0 Å². The SMILES string of the molecule is COc1cc(=O)n(C)c(Nc2ccc(C)cc2F)c1NS(=O)C1CC1CC(C)C. The van der Waals surface area contributed by atoms with Gasteiger partial charge in [0.15, 0.2) is 5.75 Å². The topological polar surface area (TPSA) is 72.4 Å². The molecule has 8 heteroatoms. The minimum absolute atomic E-state index is 0.0586. The molecule has 158 valence electrons. The Kier molecular flexibility index (Phi) is 6.31. The first-order chi connectivity index (χ1) is 13.7. The maximum absolute atomic E-state index is 14.4. The second-order valence-corrected chi connectivity index (χ2v) is 9.41. The molecule has 2 N–H and O–H groups in total. The van der Waals surface area contributed by atoms with Gasteiger partial charge in [0.2, 0.25) is 0 Å². The van der Waals surface area contributed by atoms with Crippen molar-refractivity contribution < 1.29 is 13.3 Å². The van der Waals surface area contributed by atoms with Crippen LogP contribution in [-0.4, -0.2) is 21.1 Å². The van der Waals surface area contributed by atoms with E-state index < -0.39 is 16.8 Å². The molecule has 0 saturated heterocycles. The van der Waals surface area contributed by atoms with Crippen LogP contribution in [0.4, 0.5) is 21.6 Å². The highest BCUT2D eigenvalue weighted by Gasteiger charge is 2.42. The van der Waals surface area contributed by atoms with E-state index in [0.717, 1.165) is 18.4 Å². The molecule has 3 rings (SSSR count). The molecule has 1 fully saturated rings. The van der Waals surface area contributed by atoms with Gasteiger partial charge in [0, 0.05) is 13.1 Å². The zero-order valence-corrected chi connectivity index (χ0v) is 18.2. The van der Waals surface area contributed by atoms with Gasteiger partial charge in [-0.05, 0) is 49.3 Å². The van der Waals surface area contributed by atoms with Crippen molar-refractivity contribution in [2.75, 3.05) is 17.1 Å². The highest BCUT2D eigenvalue weighted by Crippen LogP contribution is 2.42. The summed E-state index contributed by atoms with van der Waals surface area (Å²) in [6, 6.07) is 6.12. The van der Waals surface area contributed by atoms with Crippen LogP contribution in [0.1, 0.15) is 32.3 Å². The summed E-state index contributed by atoms with van der Waals surface area (Å²) in [6.45, 7) is 6.10. The monoisotopic (exact) mass is 421 g/mol. The van der Waals surface area contributed by atoms with E-state index in [4.69, 9.17) is 4.74 Å². The fourth-order valence-corrected chi connectivity index (χ4v) is 4.88. The van der Waals surface area contributed by atoms with E-state index in [1.54, 1.807) is 26.1 Å². The van der Waals surface area contributed by atoms with Gasteiger partial charge in [-0.3, -0.25) is 14.1 Å². The van der Waals surface area contributed by atoms with Gasteiger partial charge in [0.25, 0.3) is 5.56 Å². The minimum atomic E-state index is -1.34. The first-order valence-corrected chi connectivity index (χ1v) is 10.9. The molecule has 1 aliphatic rings. The molecule has 1 heterocycles. The lowest BCUT2D eigenvalue weighted by molar-refractivity contribution is 0.415. The van der Waals surface area contributed by atoms with Crippen molar-refractivity contribution in [2.45, 2.75) is 38.9 Å². The summed E-state index contributed by atoms with van der Waals surface area (Å²) in [7, 11) is 1.67. The number of nitrogens with one attached hydrogen (secondary N) is 2. The van der Waals surface area contributed by atoms with Crippen molar-refractivity contribution in [1.29, 1.82) is 0 Å². The molecule has 1 aromatic carbocycles. The smallest absolute Gasteiger partial charge is 0.255 e. The number of hydrogen-bond donors (Lipinski definition) is 2. The quantitative estimate of drug-likeness (QED) is 0.673. The first kappa shape index (κ1) is 21.4. The Morgan fingerprint density at radius 1 is 1.34 bits per heavy atom. The second kappa shape index (κ2) is 8.57. The average molecular weight is 422 g/mol. The zero-order valence-electron chi connectivity index (χ0n) is 17.4. The van der Waals surface area contributed by atoms with E-state index in [9.17, 15) is 13.4 Å². The summed E-state index contributed by atoms with van der Waals surface area (Å²) >= 11 is 0. The van der Waals surface area contributed by atoms with Crippen LogP contribution in [0.2, 0.25) is 0 Å². The van der Waals surface area contributed by atoms with Crippen molar-refractivity contribution in [3.8, 4) is 5.75 Å². The van der Waals surface area contributed by atoms with Gasteiger partial charge in [-0.25, -0.2) is 8.60 Å². The van der Waals surface area contributed by atoms with E-state index in [-0.39, 0.29) is 22.2 Å². The van der Waals surface area contributed by atoms with Crippen molar-refractivity contribution >= 4 is 28.2 Å². The Balaban J connectivity index is 1.94. The van der Waals surface area contributed by atoms with Gasteiger partial charge in [0.1, 0.15) is 28.3 Å². The third kappa shape index (κ3) is 4.80. The lowest BCUT2D eigenvalue weighted by Gasteiger charge is -2.20. The average Bonchev–Trinajstić information content (AvgIpc) is 3.41. The number of anilines is 3. The first-order valence-electron chi connectivity index (χ1n) is 9.69. The van der Waals surface area contributed by atoms with Crippen LogP contribution in [0.5, 0.6) is 5.75 Å². The summed E-state index contributed by atoms with van der Waals surface area (Å²) < 4.78 is 37.0. The zero-order chi connectivity index (χ0) is 21.3.